The second kappa shape index (κ2) is 7.00. The van der Waals surface area contributed by atoms with Crippen molar-refractivity contribution in [1.82, 2.24) is 14.2 Å². The van der Waals surface area contributed by atoms with Gasteiger partial charge in [-0.15, -0.1) is 0 Å². The lowest BCUT2D eigenvalue weighted by Gasteiger charge is -2.27. The van der Waals surface area contributed by atoms with E-state index < -0.39 is 15.9 Å². The number of para-hydroxylation sites is 1. The lowest BCUT2D eigenvalue weighted by atomic mass is 10.0. The van der Waals surface area contributed by atoms with Crippen molar-refractivity contribution in [2.45, 2.75) is 30.7 Å². The molecular formula is C22H23N3O3S. The lowest BCUT2D eigenvalue weighted by Crippen LogP contribution is -2.33. The molecule has 5 rings (SSSR count). The van der Waals surface area contributed by atoms with E-state index in [9.17, 15) is 13.2 Å². The number of sulfonamides is 1. The van der Waals surface area contributed by atoms with E-state index in [4.69, 9.17) is 0 Å². The third-order valence-corrected chi connectivity index (χ3v) is 7.80. The number of carbonyl (C=O) groups is 1. The molecule has 0 atom stereocenters. The molecular weight excluding hydrogens is 386 g/mol. The molecule has 1 N–H and O–H groups in total. The number of fused-ring (bicyclic) bond motifs is 4. The van der Waals surface area contributed by atoms with E-state index in [-0.39, 0.29) is 17.0 Å². The highest BCUT2D eigenvalue weighted by atomic mass is 32.2. The SMILES string of the molecule is O=C1c2ccccc2S(=O)(=O)N1CCCCN1CCc2c([nH]c3ccccc23)C1. The molecule has 0 aliphatic carbocycles. The van der Waals surface area contributed by atoms with Crippen molar-refractivity contribution in [1.29, 1.82) is 0 Å². The summed E-state index contributed by atoms with van der Waals surface area (Å²) in [7, 11) is -3.69. The molecule has 0 bridgehead atoms. The van der Waals surface area contributed by atoms with Gasteiger partial charge in [-0.3, -0.25) is 9.69 Å². The van der Waals surface area contributed by atoms with Crippen LogP contribution < -0.4 is 0 Å². The van der Waals surface area contributed by atoms with Gasteiger partial charge in [0.1, 0.15) is 4.90 Å². The standard InChI is InChI=1S/C22H23N3O3S/c26-22-18-8-2-4-10-21(18)29(27,28)25(22)13-6-5-12-24-14-11-17-16-7-1-3-9-19(16)23-20(17)15-24/h1-4,7-10,23H,5-6,11-15H2. The van der Waals surface area contributed by atoms with Crippen LogP contribution in [0.1, 0.15) is 34.5 Å². The summed E-state index contributed by atoms with van der Waals surface area (Å²) in [5, 5.41) is 1.32. The molecule has 0 radical (unpaired) electrons. The van der Waals surface area contributed by atoms with Crippen LogP contribution in [0.5, 0.6) is 0 Å². The molecule has 0 fully saturated rings. The molecule has 7 heteroatoms. The molecule has 2 aliphatic rings. The van der Waals surface area contributed by atoms with E-state index in [2.05, 4.69) is 28.1 Å². The fourth-order valence-electron chi connectivity index (χ4n) is 4.48. The first-order valence-electron chi connectivity index (χ1n) is 10.0. The van der Waals surface area contributed by atoms with Gasteiger partial charge in [-0.1, -0.05) is 30.3 Å². The fraction of sp³-hybridized carbons (Fsp3) is 0.318. The van der Waals surface area contributed by atoms with Crippen molar-refractivity contribution in [2.24, 2.45) is 0 Å². The molecule has 0 saturated heterocycles. The summed E-state index contributed by atoms with van der Waals surface area (Å²) in [4.78, 5) is 18.5. The fourth-order valence-corrected chi connectivity index (χ4v) is 6.09. The maximum atomic E-state index is 12.6. The highest BCUT2D eigenvalue weighted by molar-refractivity contribution is 7.90. The Morgan fingerprint density at radius 2 is 1.72 bits per heavy atom. The first kappa shape index (κ1) is 18.4. The molecule has 3 aromatic rings. The van der Waals surface area contributed by atoms with Crippen LogP contribution in [-0.4, -0.2) is 48.1 Å². The van der Waals surface area contributed by atoms with Crippen LogP contribution in [0.4, 0.5) is 0 Å². The summed E-state index contributed by atoms with van der Waals surface area (Å²) in [6.45, 7) is 3.02. The topological polar surface area (TPSA) is 73.5 Å². The van der Waals surface area contributed by atoms with Gasteiger partial charge >= 0.3 is 0 Å². The number of nitrogens with one attached hydrogen (secondary N) is 1. The number of H-pyrrole nitrogens is 1. The van der Waals surface area contributed by atoms with Gasteiger partial charge in [0.15, 0.2) is 0 Å². The number of aromatic amines is 1. The average Bonchev–Trinajstić information content (AvgIpc) is 3.19. The van der Waals surface area contributed by atoms with Crippen LogP contribution in [0.2, 0.25) is 0 Å². The first-order chi connectivity index (χ1) is 14.1. The zero-order chi connectivity index (χ0) is 20.0. The van der Waals surface area contributed by atoms with E-state index >= 15 is 0 Å². The van der Waals surface area contributed by atoms with Gasteiger partial charge in [0, 0.05) is 36.2 Å². The van der Waals surface area contributed by atoms with Gasteiger partial charge in [-0.05, 0) is 49.6 Å². The summed E-state index contributed by atoms with van der Waals surface area (Å²) in [6, 6.07) is 14.9. The molecule has 0 unspecified atom stereocenters. The number of aromatic nitrogens is 1. The Morgan fingerprint density at radius 3 is 2.59 bits per heavy atom. The van der Waals surface area contributed by atoms with Crippen molar-refractivity contribution in [3.8, 4) is 0 Å². The van der Waals surface area contributed by atoms with Gasteiger partial charge < -0.3 is 4.98 Å². The Kier molecular flexibility index (Phi) is 4.44. The average molecular weight is 410 g/mol. The summed E-state index contributed by atoms with van der Waals surface area (Å²) in [5.74, 6) is -0.402. The van der Waals surface area contributed by atoms with Crippen LogP contribution in [0.15, 0.2) is 53.4 Å². The van der Waals surface area contributed by atoms with Crippen LogP contribution >= 0.6 is 0 Å². The van der Waals surface area contributed by atoms with Gasteiger partial charge in [-0.25, -0.2) is 12.7 Å². The maximum absolute atomic E-state index is 12.6. The predicted molar refractivity (Wildman–Crippen MR) is 111 cm³/mol. The zero-order valence-electron chi connectivity index (χ0n) is 16.1. The quantitative estimate of drug-likeness (QED) is 0.657. The summed E-state index contributed by atoms with van der Waals surface area (Å²) in [6.07, 6.45) is 2.54. The number of unbranched alkanes of at least 4 members (excludes halogenated alkanes) is 1. The van der Waals surface area contributed by atoms with E-state index in [1.165, 1.54) is 28.2 Å². The van der Waals surface area contributed by atoms with E-state index in [1.807, 2.05) is 6.07 Å². The van der Waals surface area contributed by atoms with E-state index in [0.717, 1.165) is 36.8 Å². The molecule has 29 heavy (non-hydrogen) atoms. The molecule has 150 valence electrons. The normalized spacial score (nSPS) is 18.2. The molecule has 6 nitrogen and oxygen atoms in total. The molecule has 1 aromatic heterocycles. The Labute approximate surface area is 170 Å². The van der Waals surface area contributed by atoms with Gasteiger partial charge in [0.05, 0.1) is 5.56 Å². The Bertz CT molecular complexity index is 1200. The molecule has 2 aliphatic heterocycles. The Balaban J connectivity index is 1.18. The van der Waals surface area contributed by atoms with Gasteiger partial charge in [0.2, 0.25) is 0 Å². The summed E-state index contributed by atoms with van der Waals surface area (Å²) in [5.41, 5.74) is 4.18. The Morgan fingerprint density at radius 1 is 0.966 bits per heavy atom. The summed E-state index contributed by atoms with van der Waals surface area (Å²) < 4.78 is 26.2. The number of hydrogen-bond acceptors (Lipinski definition) is 4. The largest absolute Gasteiger partial charge is 0.357 e. The predicted octanol–water partition coefficient (Wildman–Crippen LogP) is 3.15. The minimum atomic E-state index is -3.69. The van der Waals surface area contributed by atoms with Gasteiger partial charge in [-0.2, -0.15) is 0 Å². The van der Waals surface area contributed by atoms with Crippen molar-refractivity contribution >= 4 is 26.8 Å². The number of benzene rings is 2. The van der Waals surface area contributed by atoms with Gasteiger partial charge in [0.25, 0.3) is 15.9 Å². The molecule has 0 saturated carbocycles. The number of nitrogens with zero attached hydrogens (tertiary/aromatic N) is 2. The number of rotatable bonds is 5. The minimum absolute atomic E-state index is 0.132. The highest BCUT2D eigenvalue weighted by Crippen LogP contribution is 2.30. The molecule has 2 aromatic carbocycles. The number of hydrogen-bond donors (Lipinski definition) is 1. The van der Waals surface area contributed by atoms with E-state index in [1.54, 1.807) is 18.2 Å². The van der Waals surface area contributed by atoms with Crippen LogP contribution in [0, 0.1) is 0 Å². The highest BCUT2D eigenvalue weighted by Gasteiger charge is 2.40. The second-order valence-electron chi connectivity index (χ2n) is 7.74. The van der Waals surface area contributed by atoms with Crippen molar-refractivity contribution in [3.05, 3.63) is 65.4 Å². The van der Waals surface area contributed by atoms with Crippen LogP contribution in [0.3, 0.4) is 0 Å². The minimum Gasteiger partial charge on any atom is -0.357 e. The second-order valence-corrected chi connectivity index (χ2v) is 9.57. The summed E-state index contributed by atoms with van der Waals surface area (Å²) >= 11 is 0. The van der Waals surface area contributed by atoms with E-state index in [0.29, 0.717) is 6.42 Å². The van der Waals surface area contributed by atoms with Crippen molar-refractivity contribution in [3.63, 3.8) is 0 Å². The zero-order valence-corrected chi connectivity index (χ0v) is 16.9. The van der Waals surface area contributed by atoms with Crippen LogP contribution in [0.25, 0.3) is 10.9 Å². The smallest absolute Gasteiger partial charge is 0.269 e. The first-order valence-corrected chi connectivity index (χ1v) is 11.5. The number of carbonyl (C=O) groups excluding carboxylic acids is 1. The number of amides is 1. The van der Waals surface area contributed by atoms with Crippen LogP contribution in [-0.2, 0) is 23.0 Å². The molecule has 0 spiro atoms. The van der Waals surface area contributed by atoms with Crippen molar-refractivity contribution < 1.29 is 13.2 Å². The monoisotopic (exact) mass is 409 g/mol. The maximum Gasteiger partial charge on any atom is 0.269 e. The lowest BCUT2D eigenvalue weighted by molar-refractivity contribution is 0.0868. The molecule has 3 heterocycles. The molecule has 1 amide bonds. The van der Waals surface area contributed by atoms with Crippen molar-refractivity contribution in [2.75, 3.05) is 19.6 Å². The third-order valence-electron chi connectivity index (χ3n) is 5.96. The Hall–Kier alpha value is -2.64. The third kappa shape index (κ3) is 3.05.